The van der Waals surface area contributed by atoms with Gasteiger partial charge in [0.25, 0.3) is 0 Å². The molecule has 0 radical (unpaired) electrons. The molecule has 1 heterocycles. The maximum Gasteiger partial charge on any atom is 0.142 e. The zero-order valence-corrected chi connectivity index (χ0v) is 8.77. The van der Waals surface area contributed by atoms with Crippen LogP contribution in [0.2, 0.25) is 0 Å². The Morgan fingerprint density at radius 1 is 1.19 bits per heavy atom. The average Bonchev–Trinajstić information content (AvgIpc) is 2.29. The third-order valence-electron chi connectivity index (χ3n) is 2.27. The van der Waals surface area contributed by atoms with Crippen LogP contribution < -0.4 is 10.5 Å². The molecule has 0 saturated heterocycles. The van der Waals surface area contributed by atoms with E-state index in [1.165, 1.54) is 6.07 Å². The summed E-state index contributed by atoms with van der Waals surface area (Å²) in [5.74, 6) is 0.204. The highest BCUT2D eigenvalue weighted by Crippen LogP contribution is 2.28. The van der Waals surface area contributed by atoms with Gasteiger partial charge in [0.2, 0.25) is 0 Å². The fourth-order valence-electron chi connectivity index (χ4n) is 1.46. The summed E-state index contributed by atoms with van der Waals surface area (Å²) in [6, 6.07) is 6.69. The van der Waals surface area contributed by atoms with Gasteiger partial charge in [-0.1, -0.05) is 6.07 Å². The molecule has 0 saturated carbocycles. The lowest BCUT2D eigenvalue weighted by Gasteiger charge is -2.07. The predicted molar refractivity (Wildman–Crippen MR) is 60.6 cm³/mol. The summed E-state index contributed by atoms with van der Waals surface area (Å²) in [5.41, 5.74) is 7.76. The van der Waals surface area contributed by atoms with Gasteiger partial charge in [0, 0.05) is 11.8 Å². The molecule has 4 heteroatoms. The van der Waals surface area contributed by atoms with Gasteiger partial charge in [-0.3, -0.25) is 4.98 Å². The fraction of sp³-hybridized carbons (Fsp3) is 0.0833. The van der Waals surface area contributed by atoms with Crippen molar-refractivity contribution >= 4 is 5.69 Å². The third-order valence-corrected chi connectivity index (χ3v) is 2.27. The van der Waals surface area contributed by atoms with Gasteiger partial charge in [-0.15, -0.1) is 0 Å². The normalized spacial score (nSPS) is 10.1. The van der Waals surface area contributed by atoms with E-state index in [4.69, 9.17) is 10.5 Å². The average molecular weight is 218 g/mol. The number of anilines is 1. The molecule has 0 fully saturated rings. The number of ether oxygens (including phenoxy) is 1. The molecule has 0 unspecified atom stereocenters. The Morgan fingerprint density at radius 2 is 2.00 bits per heavy atom. The number of aromatic nitrogens is 1. The number of nitrogens with zero attached hydrogens (tertiary/aromatic N) is 1. The number of nitrogens with two attached hydrogens (primary N) is 1. The first-order valence-corrected chi connectivity index (χ1v) is 4.75. The van der Waals surface area contributed by atoms with Crippen LogP contribution in [0.15, 0.2) is 36.7 Å². The molecule has 2 rings (SSSR count). The van der Waals surface area contributed by atoms with Crippen LogP contribution in [0.4, 0.5) is 10.1 Å². The van der Waals surface area contributed by atoms with Crippen molar-refractivity contribution in [1.82, 2.24) is 4.98 Å². The number of pyridine rings is 1. The van der Waals surface area contributed by atoms with Gasteiger partial charge in [-0.2, -0.15) is 0 Å². The highest BCUT2D eigenvalue weighted by Gasteiger charge is 2.04. The molecule has 82 valence electrons. The van der Waals surface area contributed by atoms with E-state index in [1.54, 1.807) is 31.5 Å². The van der Waals surface area contributed by atoms with Gasteiger partial charge in [0.15, 0.2) is 0 Å². The minimum absolute atomic E-state index is 0.367. The summed E-state index contributed by atoms with van der Waals surface area (Å²) in [4.78, 5) is 3.79. The first kappa shape index (κ1) is 10.4. The number of methoxy groups -OCH3 is 1. The van der Waals surface area contributed by atoms with E-state index in [2.05, 4.69) is 4.98 Å². The minimum Gasteiger partial charge on any atom is -0.495 e. The van der Waals surface area contributed by atoms with E-state index in [-0.39, 0.29) is 5.82 Å². The Balaban J connectivity index is 2.48. The molecule has 1 aromatic carbocycles. The van der Waals surface area contributed by atoms with E-state index in [0.29, 0.717) is 17.0 Å². The lowest BCUT2D eigenvalue weighted by atomic mass is 10.1. The van der Waals surface area contributed by atoms with Gasteiger partial charge in [-0.25, -0.2) is 4.39 Å². The van der Waals surface area contributed by atoms with E-state index < -0.39 is 0 Å². The third kappa shape index (κ3) is 1.95. The van der Waals surface area contributed by atoms with Crippen molar-refractivity contribution in [3.63, 3.8) is 0 Å². The van der Waals surface area contributed by atoms with Crippen molar-refractivity contribution in [2.45, 2.75) is 0 Å². The number of benzene rings is 1. The van der Waals surface area contributed by atoms with Crippen LogP contribution in [0.1, 0.15) is 0 Å². The van der Waals surface area contributed by atoms with Gasteiger partial charge in [0.1, 0.15) is 11.6 Å². The van der Waals surface area contributed by atoms with E-state index in [9.17, 15) is 4.39 Å². The van der Waals surface area contributed by atoms with Crippen LogP contribution >= 0.6 is 0 Å². The predicted octanol–water partition coefficient (Wildman–Crippen LogP) is 2.48. The minimum atomic E-state index is -0.367. The van der Waals surface area contributed by atoms with Gasteiger partial charge >= 0.3 is 0 Å². The Labute approximate surface area is 92.7 Å². The fourth-order valence-corrected chi connectivity index (χ4v) is 1.46. The standard InChI is InChI=1S/C12H11FN2O/c1-16-12-5-8(2-3-11(12)14)9-4-10(13)7-15-6-9/h2-7H,14H2,1H3. The Kier molecular flexibility index (Phi) is 2.72. The molecule has 0 aliphatic carbocycles. The quantitative estimate of drug-likeness (QED) is 0.788. The monoisotopic (exact) mass is 218 g/mol. The van der Waals surface area contributed by atoms with Crippen LogP contribution in [0, 0.1) is 5.82 Å². The van der Waals surface area contributed by atoms with Crippen molar-refractivity contribution in [2.24, 2.45) is 0 Å². The topological polar surface area (TPSA) is 48.1 Å². The van der Waals surface area contributed by atoms with Gasteiger partial charge in [-0.05, 0) is 23.8 Å². The second kappa shape index (κ2) is 4.18. The Hall–Kier alpha value is -2.10. The van der Waals surface area contributed by atoms with Crippen molar-refractivity contribution in [3.05, 3.63) is 42.5 Å². The SMILES string of the molecule is COc1cc(-c2cncc(F)c2)ccc1N. The van der Waals surface area contributed by atoms with E-state index in [0.717, 1.165) is 11.8 Å². The highest BCUT2D eigenvalue weighted by atomic mass is 19.1. The highest BCUT2D eigenvalue weighted by molar-refractivity contribution is 5.69. The second-order valence-corrected chi connectivity index (χ2v) is 3.35. The summed E-state index contributed by atoms with van der Waals surface area (Å²) in [7, 11) is 1.54. The molecule has 0 bridgehead atoms. The van der Waals surface area contributed by atoms with Crippen molar-refractivity contribution < 1.29 is 9.13 Å². The molecule has 0 aliphatic rings. The zero-order valence-electron chi connectivity index (χ0n) is 8.77. The number of rotatable bonds is 2. The largest absolute Gasteiger partial charge is 0.495 e. The summed E-state index contributed by atoms with van der Waals surface area (Å²) in [5, 5.41) is 0. The summed E-state index contributed by atoms with van der Waals surface area (Å²) >= 11 is 0. The number of nitrogen functional groups attached to an aromatic ring is 1. The molecular weight excluding hydrogens is 207 g/mol. The van der Waals surface area contributed by atoms with E-state index >= 15 is 0 Å². The maximum atomic E-state index is 13.0. The van der Waals surface area contributed by atoms with Gasteiger partial charge < -0.3 is 10.5 Å². The summed E-state index contributed by atoms with van der Waals surface area (Å²) < 4.78 is 18.1. The molecule has 2 aromatic rings. The Bertz CT molecular complexity index is 514. The molecule has 2 N–H and O–H groups in total. The Morgan fingerprint density at radius 3 is 2.69 bits per heavy atom. The van der Waals surface area contributed by atoms with E-state index in [1.807, 2.05) is 0 Å². The molecule has 1 aromatic heterocycles. The van der Waals surface area contributed by atoms with Crippen molar-refractivity contribution in [3.8, 4) is 16.9 Å². The lowest BCUT2D eigenvalue weighted by Crippen LogP contribution is -1.92. The van der Waals surface area contributed by atoms with Crippen LogP contribution in [0.5, 0.6) is 5.75 Å². The molecule has 3 nitrogen and oxygen atoms in total. The summed E-state index contributed by atoms with van der Waals surface area (Å²) in [6.45, 7) is 0. The van der Waals surface area contributed by atoms with Crippen LogP contribution in [0.25, 0.3) is 11.1 Å². The molecular formula is C12H11FN2O. The molecule has 16 heavy (non-hydrogen) atoms. The van der Waals surface area contributed by atoms with Crippen LogP contribution in [0.3, 0.4) is 0 Å². The zero-order chi connectivity index (χ0) is 11.5. The van der Waals surface area contributed by atoms with Gasteiger partial charge in [0.05, 0.1) is 19.0 Å². The summed E-state index contributed by atoms with van der Waals surface area (Å²) in [6.07, 6.45) is 2.76. The van der Waals surface area contributed by atoms with Crippen molar-refractivity contribution in [2.75, 3.05) is 12.8 Å². The van der Waals surface area contributed by atoms with Crippen LogP contribution in [-0.2, 0) is 0 Å². The molecule has 0 aliphatic heterocycles. The lowest BCUT2D eigenvalue weighted by molar-refractivity contribution is 0.417. The van der Waals surface area contributed by atoms with Crippen LogP contribution in [-0.4, -0.2) is 12.1 Å². The maximum absolute atomic E-state index is 13.0. The first-order valence-electron chi connectivity index (χ1n) is 4.75. The number of hydrogen-bond acceptors (Lipinski definition) is 3. The second-order valence-electron chi connectivity index (χ2n) is 3.35. The number of halogens is 1. The molecule has 0 spiro atoms. The molecule has 0 amide bonds. The smallest absolute Gasteiger partial charge is 0.142 e. The van der Waals surface area contributed by atoms with Crippen molar-refractivity contribution in [1.29, 1.82) is 0 Å². The molecule has 0 atom stereocenters. The first-order chi connectivity index (χ1) is 7.70. The number of hydrogen-bond donors (Lipinski definition) is 1.